The normalized spacial score (nSPS) is 31.8. The van der Waals surface area contributed by atoms with Crippen molar-refractivity contribution in [3.8, 4) is 0 Å². The van der Waals surface area contributed by atoms with Crippen LogP contribution in [-0.2, 0) is 4.79 Å². The minimum atomic E-state index is -0.880. The molecule has 2 aliphatic carbocycles. The van der Waals surface area contributed by atoms with Crippen LogP contribution in [0.3, 0.4) is 0 Å². The molecule has 0 aromatic carbocycles. The van der Waals surface area contributed by atoms with Gasteiger partial charge in [-0.15, -0.1) is 0 Å². The third kappa shape index (κ3) is 2.63. The molecule has 0 bridgehead atoms. The molecule has 1 heterocycles. The molecule has 5 heteroatoms. The summed E-state index contributed by atoms with van der Waals surface area (Å²) in [5.74, 6) is 0.302. The minimum absolute atomic E-state index is 0.184. The Labute approximate surface area is 119 Å². The summed E-state index contributed by atoms with van der Waals surface area (Å²) in [7, 11) is 0. The summed E-state index contributed by atoms with van der Waals surface area (Å²) in [5.41, 5.74) is 0.359. The molecule has 0 aromatic rings. The lowest BCUT2D eigenvalue weighted by molar-refractivity contribution is -0.143. The van der Waals surface area contributed by atoms with Gasteiger partial charge in [0.15, 0.2) is 0 Å². The molecule has 1 saturated heterocycles. The predicted octanol–water partition coefficient (Wildman–Crippen LogP) is 2.07. The van der Waals surface area contributed by atoms with Crippen molar-refractivity contribution in [2.75, 3.05) is 13.1 Å². The summed E-state index contributed by atoms with van der Waals surface area (Å²) in [5, 5.41) is 12.3. The number of likely N-dealkylation sites (tertiary alicyclic amines) is 1. The zero-order chi connectivity index (χ0) is 14.3. The summed E-state index contributed by atoms with van der Waals surface area (Å²) < 4.78 is 0. The Morgan fingerprint density at radius 1 is 1.30 bits per heavy atom. The van der Waals surface area contributed by atoms with Crippen molar-refractivity contribution in [2.45, 2.75) is 51.5 Å². The van der Waals surface area contributed by atoms with Crippen LogP contribution in [0.4, 0.5) is 4.79 Å². The fourth-order valence-corrected chi connectivity index (χ4v) is 3.56. The van der Waals surface area contributed by atoms with Crippen LogP contribution >= 0.6 is 0 Å². The molecule has 2 unspecified atom stereocenters. The number of carbonyl (C=O) groups is 2. The number of hydrogen-bond donors (Lipinski definition) is 2. The Bertz CT molecular complexity index is 415. The van der Waals surface area contributed by atoms with Gasteiger partial charge < -0.3 is 15.3 Å². The largest absolute Gasteiger partial charge is 0.480 e. The van der Waals surface area contributed by atoms with E-state index in [9.17, 15) is 14.7 Å². The van der Waals surface area contributed by atoms with Crippen molar-refractivity contribution in [1.82, 2.24) is 10.2 Å². The number of nitrogens with zero attached hydrogens (tertiary/aromatic N) is 1. The molecule has 3 fully saturated rings. The minimum Gasteiger partial charge on any atom is -0.480 e. The molecule has 2 atom stereocenters. The Hall–Kier alpha value is -1.26. The van der Waals surface area contributed by atoms with Gasteiger partial charge in [0.05, 0.1) is 0 Å². The van der Waals surface area contributed by atoms with Gasteiger partial charge in [-0.1, -0.05) is 6.92 Å². The highest BCUT2D eigenvalue weighted by Crippen LogP contribution is 2.60. The number of carboxylic acid groups (broad SMARTS) is 1. The van der Waals surface area contributed by atoms with Crippen LogP contribution in [-0.4, -0.2) is 41.1 Å². The van der Waals surface area contributed by atoms with Crippen LogP contribution < -0.4 is 5.32 Å². The lowest BCUT2D eigenvalue weighted by Gasteiger charge is -2.36. The number of amides is 2. The fourth-order valence-electron chi connectivity index (χ4n) is 3.56. The molecule has 1 aliphatic heterocycles. The monoisotopic (exact) mass is 280 g/mol. The first-order valence-corrected chi connectivity index (χ1v) is 7.79. The molecule has 3 aliphatic rings. The molecular formula is C15H24N2O3. The van der Waals surface area contributed by atoms with Crippen LogP contribution in [0, 0.1) is 17.3 Å². The van der Waals surface area contributed by atoms with E-state index in [1.807, 2.05) is 0 Å². The van der Waals surface area contributed by atoms with Gasteiger partial charge in [-0.2, -0.15) is 0 Å². The molecular weight excluding hydrogens is 256 g/mol. The fraction of sp³-hybridized carbons (Fsp3) is 0.867. The lowest BCUT2D eigenvalue weighted by Crippen LogP contribution is -2.54. The van der Waals surface area contributed by atoms with Gasteiger partial charge in [0.1, 0.15) is 6.04 Å². The second kappa shape index (κ2) is 4.93. The molecule has 2 N–H and O–H groups in total. The zero-order valence-electron chi connectivity index (χ0n) is 12.1. The molecule has 20 heavy (non-hydrogen) atoms. The Morgan fingerprint density at radius 2 is 2.00 bits per heavy atom. The van der Waals surface area contributed by atoms with Gasteiger partial charge in [0.2, 0.25) is 0 Å². The number of piperidine rings is 1. The molecule has 112 valence electrons. The molecule has 2 saturated carbocycles. The first-order chi connectivity index (χ1) is 9.52. The van der Waals surface area contributed by atoms with Gasteiger partial charge >= 0.3 is 12.0 Å². The maximum atomic E-state index is 12.3. The maximum absolute atomic E-state index is 12.3. The van der Waals surface area contributed by atoms with Crippen LogP contribution in [0.25, 0.3) is 0 Å². The van der Waals surface area contributed by atoms with Gasteiger partial charge in [-0.25, -0.2) is 9.59 Å². The standard InChI is InChI=1S/C15H24N2O3/c1-10-4-7-17(12(8-10)13(18)19)14(20)16-9-15(5-6-15)11-2-3-11/h10-12H,2-9H2,1H3,(H,16,20)(H,18,19). The molecule has 5 nitrogen and oxygen atoms in total. The SMILES string of the molecule is CC1CCN(C(=O)NCC2(C3CC3)CC2)C(C(=O)O)C1. The summed E-state index contributed by atoms with van der Waals surface area (Å²) in [6.07, 6.45) is 6.50. The average Bonchev–Trinajstić information content (AvgIpc) is 3.27. The molecule has 0 spiro atoms. The average molecular weight is 280 g/mol. The third-order valence-corrected chi connectivity index (χ3v) is 5.34. The number of carboxylic acids is 1. The van der Waals surface area contributed by atoms with Crippen molar-refractivity contribution < 1.29 is 14.7 Å². The van der Waals surface area contributed by atoms with Crippen LogP contribution in [0.2, 0.25) is 0 Å². The quantitative estimate of drug-likeness (QED) is 0.828. The van der Waals surface area contributed by atoms with E-state index in [1.54, 1.807) is 0 Å². The maximum Gasteiger partial charge on any atom is 0.326 e. The molecule has 0 radical (unpaired) electrons. The highest BCUT2D eigenvalue weighted by atomic mass is 16.4. The van der Waals surface area contributed by atoms with E-state index < -0.39 is 12.0 Å². The third-order valence-electron chi connectivity index (χ3n) is 5.34. The molecule has 3 rings (SSSR count). The Kier molecular flexibility index (Phi) is 3.38. The number of carbonyl (C=O) groups excluding carboxylic acids is 1. The highest BCUT2D eigenvalue weighted by Gasteiger charge is 2.53. The van der Waals surface area contributed by atoms with E-state index in [2.05, 4.69) is 12.2 Å². The van der Waals surface area contributed by atoms with Crippen molar-refractivity contribution in [2.24, 2.45) is 17.3 Å². The van der Waals surface area contributed by atoms with Crippen molar-refractivity contribution >= 4 is 12.0 Å². The summed E-state index contributed by atoms with van der Waals surface area (Å²) >= 11 is 0. The number of rotatable bonds is 4. The van der Waals surface area contributed by atoms with E-state index >= 15 is 0 Å². The molecule has 2 amide bonds. The van der Waals surface area contributed by atoms with Gasteiger partial charge in [0, 0.05) is 13.1 Å². The van der Waals surface area contributed by atoms with Crippen molar-refractivity contribution in [1.29, 1.82) is 0 Å². The van der Waals surface area contributed by atoms with Crippen molar-refractivity contribution in [3.63, 3.8) is 0 Å². The number of hydrogen-bond acceptors (Lipinski definition) is 2. The molecule has 0 aromatic heterocycles. The topological polar surface area (TPSA) is 69.6 Å². The van der Waals surface area contributed by atoms with E-state index in [-0.39, 0.29) is 6.03 Å². The first-order valence-electron chi connectivity index (χ1n) is 7.79. The zero-order valence-corrected chi connectivity index (χ0v) is 12.1. The number of nitrogens with one attached hydrogen (secondary N) is 1. The Balaban J connectivity index is 1.56. The van der Waals surface area contributed by atoms with Crippen LogP contribution in [0.15, 0.2) is 0 Å². The van der Waals surface area contributed by atoms with Crippen LogP contribution in [0.1, 0.15) is 45.4 Å². The van der Waals surface area contributed by atoms with Gasteiger partial charge in [-0.3, -0.25) is 0 Å². The van der Waals surface area contributed by atoms with Gasteiger partial charge in [-0.05, 0) is 55.8 Å². The van der Waals surface area contributed by atoms with E-state index in [0.717, 1.165) is 18.9 Å². The van der Waals surface area contributed by atoms with E-state index in [1.165, 1.54) is 30.6 Å². The summed E-state index contributed by atoms with van der Waals surface area (Å²) in [6, 6.07) is -0.842. The van der Waals surface area contributed by atoms with Crippen molar-refractivity contribution in [3.05, 3.63) is 0 Å². The summed E-state index contributed by atoms with van der Waals surface area (Å²) in [6.45, 7) is 3.34. The number of aliphatic carboxylic acids is 1. The van der Waals surface area contributed by atoms with E-state index in [4.69, 9.17) is 0 Å². The van der Waals surface area contributed by atoms with E-state index in [0.29, 0.717) is 24.3 Å². The first kappa shape index (κ1) is 13.7. The summed E-state index contributed by atoms with van der Waals surface area (Å²) in [4.78, 5) is 25.1. The second-order valence-electron chi connectivity index (χ2n) is 6.97. The smallest absolute Gasteiger partial charge is 0.326 e. The Morgan fingerprint density at radius 3 is 2.55 bits per heavy atom. The second-order valence-corrected chi connectivity index (χ2v) is 6.97. The lowest BCUT2D eigenvalue weighted by atomic mass is 9.92. The predicted molar refractivity (Wildman–Crippen MR) is 74.3 cm³/mol. The number of urea groups is 1. The highest BCUT2D eigenvalue weighted by molar-refractivity contribution is 5.83. The van der Waals surface area contributed by atoms with Gasteiger partial charge in [0.25, 0.3) is 0 Å². The van der Waals surface area contributed by atoms with Crippen LogP contribution in [0.5, 0.6) is 0 Å².